The maximum Gasteiger partial charge on any atom is 0.229 e. The van der Waals surface area contributed by atoms with E-state index < -0.39 is 0 Å². The second kappa shape index (κ2) is 3.49. The van der Waals surface area contributed by atoms with Crippen LogP contribution in [0.2, 0.25) is 0 Å². The third-order valence-corrected chi connectivity index (χ3v) is 1.83. The first-order valence-electron chi connectivity index (χ1n) is 3.85. The van der Waals surface area contributed by atoms with Crippen LogP contribution in [0.3, 0.4) is 0 Å². The van der Waals surface area contributed by atoms with Gasteiger partial charge in [-0.2, -0.15) is 0 Å². The van der Waals surface area contributed by atoms with Crippen LogP contribution in [0.1, 0.15) is 12.8 Å². The summed E-state index contributed by atoms with van der Waals surface area (Å²) >= 11 is 0. The first kappa shape index (κ1) is 8.93. The Kier molecular flexibility index (Phi) is 2.60. The molecule has 4 nitrogen and oxygen atoms in total. The van der Waals surface area contributed by atoms with Gasteiger partial charge in [0.2, 0.25) is 11.8 Å². The second-order valence-corrected chi connectivity index (χ2v) is 2.83. The molecule has 1 aliphatic heterocycles. The fraction of sp³-hybridized carbons (Fsp3) is 0.500. The molecule has 1 rings (SSSR count). The normalized spacial score (nSPS) is 17.2. The van der Waals surface area contributed by atoms with Crippen molar-refractivity contribution in [3.8, 4) is 0 Å². The standard InChI is InChI=1S/C8H12N2O2/c1-6(4-9)5-10-7(11)2-3-8(10)12/h1-5,9H2. The fourth-order valence-electron chi connectivity index (χ4n) is 1.09. The quantitative estimate of drug-likeness (QED) is 0.463. The van der Waals surface area contributed by atoms with Gasteiger partial charge in [-0.1, -0.05) is 6.58 Å². The zero-order chi connectivity index (χ0) is 9.14. The first-order valence-corrected chi connectivity index (χ1v) is 3.85. The highest BCUT2D eigenvalue weighted by molar-refractivity contribution is 6.02. The van der Waals surface area contributed by atoms with Crippen LogP contribution < -0.4 is 5.73 Å². The van der Waals surface area contributed by atoms with Crippen LogP contribution in [0.25, 0.3) is 0 Å². The Labute approximate surface area is 71.0 Å². The first-order chi connectivity index (χ1) is 5.65. The van der Waals surface area contributed by atoms with Crippen molar-refractivity contribution in [2.24, 2.45) is 5.73 Å². The van der Waals surface area contributed by atoms with E-state index in [1.807, 2.05) is 0 Å². The van der Waals surface area contributed by atoms with E-state index >= 15 is 0 Å². The average molecular weight is 168 g/mol. The number of carbonyl (C=O) groups excluding carboxylic acids is 2. The van der Waals surface area contributed by atoms with E-state index in [0.717, 1.165) is 0 Å². The van der Waals surface area contributed by atoms with E-state index in [-0.39, 0.29) is 18.4 Å². The lowest BCUT2D eigenvalue weighted by atomic mass is 10.3. The Balaban J connectivity index is 2.56. The number of amides is 2. The van der Waals surface area contributed by atoms with Crippen LogP contribution in [0.5, 0.6) is 0 Å². The van der Waals surface area contributed by atoms with Crippen molar-refractivity contribution in [3.63, 3.8) is 0 Å². The molecule has 0 bridgehead atoms. The van der Waals surface area contributed by atoms with Gasteiger partial charge in [-0.15, -0.1) is 0 Å². The summed E-state index contributed by atoms with van der Waals surface area (Å²) < 4.78 is 0. The molecular formula is C8H12N2O2. The summed E-state index contributed by atoms with van der Waals surface area (Å²) in [4.78, 5) is 23.3. The number of imide groups is 1. The van der Waals surface area contributed by atoms with Crippen LogP contribution >= 0.6 is 0 Å². The van der Waals surface area contributed by atoms with Gasteiger partial charge < -0.3 is 5.73 Å². The smallest absolute Gasteiger partial charge is 0.229 e. The maximum absolute atomic E-state index is 11.1. The third kappa shape index (κ3) is 1.71. The largest absolute Gasteiger partial charge is 0.327 e. The number of nitrogens with two attached hydrogens (primary N) is 1. The molecule has 0 aromatic carbocycles. The minimum atomic E-state index is -0.116. The molecule has 0 aromatic heterocycles. The van der Waals surface area contributed by atoms with Gasteiger partial charge in [-0.05, 0) is 5.57 Å². The van der Waals surface area contributed by atoms with Gasteiger partial charge in [0.1, 0.15) is 0 Å². The summed E-state index contributed by atoms with van der Waals surface area (Å²) in [7, 11) is 0. The lowest BCUT2D eigenvalue weighted by Gasteiger charge is -2.13. The molecule has 0 aliphatic carbocycles. The summed E-state index contributed by atoms with van der Waals surface area (Å²) in [5, 5.41) is 0. The van der Waals surface area contributed by atoms with Crippen molar-refractivity contribution < 1.29 is 9.59 Å². The molecule has 2 amide bonds. The Morgan fingerprint density at radius 1 is 1.42 bits per heavy atom. The minimum absolute atomic E-state index is 0.116. The van der Waals surface area contributed by atoms with Crippen molar-refractivity contribution in [3.05, 3.63) is 12.2 Å². The molecule has 0 saturated carbocycles. The molecular weight excluding hydrogens is 156 g/mol. The highest BCUT2D eigenvalue weighted by Crippen LogP contribution is 2.12. The minimum Gasteiger partial charge on any atom is -0.327 e. The number of nitrogens with zero attached hydrogens (tertiary/aromatic N) is 1. The number of likely N-dealkylation sites (tertiary alicyclic amines) is 1. The second-order valence-electron chi connectivity index (χ2n) is 2.83. The van der Waals surface area contributed by atoms with Crippen LogP contribution in [-0.4, -0.2) is 29.8 Å². The highest BCUT2D eigenvalue weighted by atomic mass is 16.2. The summed E-state index contributed by atoms with van der Waals surface area (Å²) in [5.74, 6) is -0.232. The van der Waals surface area contributed by atoms with Gasteiger partial charge in [0.05, 0.1) is 6.54 Å². The summed E-state index contributed by atoms with van der Waals surface area (Å²) in [6.45, 7) is 4.24. The van der Waals surface area contributed by atoms with Crippen molar-refractivity contribution in [2.75, 3.05) is 13.1 Å². The lowest BCUT2D eigenvalue weighted by molar-refractivity contribution is -0.137. The van der Waals surface area contributed by atoms with Gasteiger partial charge in [0.15, 0.2) is 0 Å². The zero-order valence-electron chi connectivity index (χ0n) is 6.88. The average Bonchev–Trinajstić information content (AvgIpc) is 2.35. The molecule has 1 aliphatic rings. The molecule has 0 spiro atoms. The molecule has 0 aromatic rings. The number of rotatable bonds is 3. The van der Waals surface area contributed by atoms with Crippen LogP contribution in [0.4, 0.5) is 0 Å². The van der Waals surface area contributed by atoms with E-state index in [1.165, 1.54) is 4.90 Å². The topological polar surface area (TPSA) is 63.4 Å². The van der Waals surface area contributed by atoms with Crippen molar-refractivity contribution in [1.29, 1.82) is 0 Å². The Bertz CT molecular complexity index is 219. The van der Waals surface area contributed by atoms with Crippen molar-refractivity contribution >= 4 is 11.8 Å². The maximum atomic E-state index is 11.1. The Hall–Kier alpha value is -1.16. The SMILES string of the molecule is C=C(CN)CN1C(=O)CCC1=O. The fourth-order valence-corrected chi connectivity index (χ4v) is 1.09. The molecule has 0 unspecified atom stereocenters. The lowest BCUT2D eigenvalue weighted by Crippen LogP contribution is -2.32. The molecule has 0 atom stereocenters. The highest BCUT2D eigenvalue weighted by Gasteiger charge is 2.28. The summed E-state index contributed by atoms with van der Waals surface area (Å²) in [6, 6.07) is 0. The van der Waals surface area contributed by atoms with Crippen molar-refractivity contribution in [2.45, 2.75) is 12.8 Å². The monoisotopic (exact) mass is 168 g/mol. The molecule has 0 radical (unpaired) electrons. The molecule has 4 heteroatoms. The Morgan fingerprint density at radius 3 is 2.33 bits per heavy atom. The van der Waals surface area contributed by atoms with E-state index in [9.17, 15) is 9.59 Å². The molecule has 1 heterocycles. The van der Waals surface area contributed by atoms with Crippen LogP contribution in [-0.2, 0) is 9.59 Å². The Morgan fingerprint density at radius 2 is 1.92 bits per heavy atom. The predicted molar refractivity (Wildman–Crippen MR) is 44.1 cm³/mol. The van der Waals surface area contributed by atoms with E-state index in [2.05, 4.69) is 6.58 Å². The van der Waals surface area contributed by atoms with Gasteiger partial charge in [-0.3, -0.25) is 14.5 Å². The summed E-state index contributed by atoms with van der Waals surface area (Å²) in [6.07, 6.45) is 0.660. The zero-order valence-corrected chi connectivity index (χ0v) is 6.88. The molecule has 1 fully saturated rings. The van der Waals surface area contributed by atoms with E-state index in [4.69, 9.17) is 5.73 Å². The van der Waals surface area contributed by atoms with Gasteiger partial charge in [-0.25, -0.2) is 0 Å². The van der Waals surface area contributed by atoms with Gasteiger partial charge in [0.25, 0.3) is 0 Å². The number of hydrogen-bond donors (Lipinski definition) is 1. The molecule has 1 saturated heterocycles. The van der Waals surface area contributed by atoms with Gasteiger partial charge in [0, 0.05) is 19.4 Å². The van der Waals surface area contributed by atoms with Crippen LogP contribution in [0, 0.1) is 0 Å². The molecule has 2 N–H and O–H groups in total. The number of hydrogen-bond acceptors (Lipinski definition) is 3. The third-order valence-electron chi connectivity index (χ3n) is 1.83. The van der Waals surface area contributed by atoms with Crippen molar-refractivity contribution in [1.82, 2.24) is 4.90 Å². The van der Waals surface area contributed by atoms with E-state index in [0.29, 0.717) is 25.0 Å². The molecule has 66 valence electrons. The molecule has 12 heavy (non-hydrogen) atoms. The number of carbonyl (C=O) groups is 2. The predicted octanol–water partition coefficient (Wildman–Crippen LogP) is -0.350. The van der Waals surface area contributed by atoms with E-state index in [1.54, 1.807) is 0 Å². The van der Waals surface area contributed by atoms with Crippen LogP contribution in [0.15, 0.2) is 12.2 Å². The van der Waals surface area contributed by atoms with Gasteiger partial charge >= 0.3 is 0 Å². The summed E-state index contributed by atoms with van der Waals surface area (Å²) in [5.41, 5.74) is 6.00.